The van der Waals surface area contributed by atoms with Crippen LogP contribution < -0.4 is 10.6 Å². The fraction of sp³-hybridized carbons (Fsp3) is 0.650. The molecule has 28 heavy (non-hydrogen) atoms. The summed E-state index contributed by atoms with van der Waals surface area (Å²) in [4.78, 5) is 4.56. The van der Waals surface area contributed by atoms with Crippen molar-refractivity contribution in [2.24, 2.45) is 10.9 Å². The van der Waals surface area contributed by atoms with Gasteiger partial charge in [-0.05, 0) is 62.3 Å². The molecule has 0 saturated carbocycles. The van der Waals surface area contributed by atoms with Crippen LogP contribution in [0.5, 0.6) is 0 Å². The number of guanidine groups is 1. The molecule has 1 aliphatic rings. The molecule has 160 valence electrons. The van der Waals surface area contributed by atoms with Crippen LogP contribution in [-0.2, 0) is 15.9 Å². The van der Waals surface area contributed by atoms with Crippen molar-refractivity contribution in [3.8, 4) is 0 Å². The van der Waals surface area contributed by atoms with Crippen molar-refractivity contribution in [3.63, 3.8) is 0 Å². The summed E-state index contributed by atoms with van der Waals surface area (Å²) in [5.41, 5.74) is 0.689. The van der Waals surface area contributed by atoms with E-state index in [1.165, 1.54) is 6.07 Å². The van der Waals surface area contributed by atoms with Crippen molar-refractivity contribution in [1.29, 1.82) is 0 Å². The average molecular weight is 572 g/mol. The number of nitrogens with one attached hydrogen (secondary N) is 2. The van der Waals surface area contributed by atoms with Crippen LogP contribution >= 0.6 is 39.9 Å². The Bertz CT molecular complexity index is 587. The molecule has 1 saturated heterocycles. The van der Waals surface area contributed by atoms with Gasteiger partial charge < -0.3 is 20.1 Å². The highest BCUT2D eigenvalue weighted by Gasteiger charge is 2.13. The maximum atomic E-state index is 13.8. The zero-order valence-corrected chi connectivity index (χ0v) is 20.4. The Labute approximate surface area is 193 Å². The number of benzene rings is 1. The molecule has 0 spiro atoms. The molecule has 0 amide bonds. The molecule has 0 radical (unpaired) electrons. The Morgan fingerprint density at radius 2 is 2.11 bits per heavy atom. The standard InChI is InChI=1S/C20H31BrFN3O2.HI/c1-2-23-20(25-10-6-17-14-18(21)4-5-19(17)22)24-9-3-11-27-15-16-7-12-26-13-8-16;/h4-5,14,16H,2-3,6-13,15H2,1H3,(H2,23,24,25);1H. The van der Waals surface area contributed by atoms with Gasteiger partial charge >= 0.3 is 0 Å². The number of hydrogen-bond donors (Lipinski definition) is 2. The molecule has 0 atom stereocenters. The van der Waals surface area contributed by atoms with Gasteiger partial charge in [0.15, 0.2) is 5.96 Å². The lowest BCUT2D eigenvalue weighted by Crippen LogP contribution is -2.38. The Morgan fingerprint density at radius 1 is 1.32 bits per heavy atom. The lowest BCUT2D eigenvalue weighted by Gasteiger charge is -2.21. The van der Waals surface area contributed by atoms with E-state index >= 15 is 0 Å². The molecule has 1 aromatic rings. The van der Waals surface area contributed by atoms with Gasteiger partial charge in [-0.3, -0.25) is 4.99 Å². The topological polar surface area (TPSA) is 54.9 Å². The molecule has 0 aliphatic carbocycles. The lowest BCUT2D eigenvalue weighted by molar-refractivity contribution is 0.0205. The third-order valence-electron chi connectivity index (χ3n) is 4.45. The first-order valence-electron chi connectivity index (χ1n) is 9.80. The van der Waals surface area contributed by atoms with E-state index in [0.717, 1.165) is 62.7 Å². The van der Waals surface area contributed by atoms with Crippen molar-refractivity contribution < 1.29 is 13.9 Å². The van der Waals surface area contributed by atoms with Crippen molar-refractivity contribution in [3.05, 3.63) is 34.1 Å². The number of hydrogen-bond acceptors (Lipinski definition) is 3. The number of halogens is 3. The second-order valence-corrected chi connectivity index (χ2v) is 7.57. The van der Waals surface area contributed by atoms with E-state index in [-0.39, 0.29) is 29.8 Å². The summed E-state index contributed by atoms with van der Waals surface area (Å²) in [5.74, 6) is 1.22. The third kappa shape index (κ3) is 10.4. The van der Waals surface area contributed by atoms with Gasteiger partial charge in [-0.1, -0.05) is 15.9 Å². The van der Waals surface area contributed by atoms with Gasteiger partial charge in [0.1, 0.15) is 5.82 Å². The number of nitrogens with zero attached hydrogens (tertiary/aromatic N) is 1. The van der Waals surface area contributed by atoms with Crippen LogP contribution in [0, 0.1) is 11.7 Å². The predicted molar refractivity (Wildman–Crippen MR) is 126 cm³/mol. The molecule has 2 N–H and O–H groups in total. The maximum absolute atomic E-state index is 13.8. The molecule has 2 rings (SSSR count). The molecule has 0 unspecified atom stereocenters. The van der Waals surface area contributed by atoms with Crippen molar-refractivity contribution in [1.82, 2.24) is 10.6 Å². The second-order valence-electron chi connectivity index (χ2n) is 6.66. The number of rotatable bonds is 10. The Hall–Kier alpha value is -0.450. The van der Waals surface area contributed by atoms with Gasteiger partial charge in [0, 0.05) is 50.5 Å². The molecule has 0 aromatic heterocycles. The molecular weight excluding hydrogens is 540 g/mol. The highest BCUT2D eigenvalue weighted by Crippen LogP contribution is 2.16. The van der Waals surface area contributed by atoms with Crippen LogP contribution in [0.15, 0.2) is 27.7 Å². The lowest BCUT2D eigenvalue weighted by atomic mass is 10.0. The molecule has 0 bridgehead atoms. The SMILES string of the molecule is CCNC(=NCCCOCC1CCOCC1)NCCc1cc(Br)ccc1F.I. The van der Waals surface area contributed by atoms with E-state index in [1.54, 1.807) is 6.07 Å². The van der Waals surface area contributed by atoms with Crippen molar-refractivity contribution in [2.75, 3.05) is 46.1 Å². The van der Waals surface area contributed by atoms with Crippen LogP contribution in [0.1, 0.15) is 31.7 Å². The zero-order valence-electron chi connectivity index (χ0n) is 16.5. The minimum absolute atomic E-state index is 0. The third-order valence-corrected chi connectivity index (χ3v) is 4.94. The minimum atomic E-state index is -0.177. The molecule has 1 heterocycles. The Balaban J connectivity index is 0.00000392. The van der Waals surface area contributed by atoms with E-state index in [0.29, 0.717) is 31.0 Å². The van der Waals surface area contributed by atoms with E-state index in [1.807, 2.05) is 13.0 Å². The Morgan fingerprint density at radius 3 is 2.86 bits per heavy atom. The smallest absolute Gasteiger partial charge is 0.191 e. The molecule has 1 aliphatic heterocycles. The normalized spacial score (nSPS) is 15.2. The van der Waals surface area contributed by atoms with E-state index in [4.69, 9.17) is 9.47 Å². The second kappa shape index (κ2) is 15.4. The first-order chi connectivity index (χ1) is 13.2. The number of aliphatic imine (C=N–C) groups is 1. The summed E-state index contributed by atoms with van der Waals surface area (Å²) in [6.45, 7) is 7.42. The number of ether oxygens (including phenoxy) is 2. The van der Waals surface area contributed by atoms with Gasteiger partial charge in [0.2, 0.25) is 0 Å². The van der Waals surface area contributed by atoms with Crippen LogP contribution in [0.2, 0.25) is 0 Å². The van der Waals surface area contributed by atoms with Crippen LogP contribution in [0.4, 0.5) is 4.39 Å². The summed E-state index contributed by atoms with van der Waals surface area (Å²) < 4.78 is 25.8. The highest BCUT2D eigenvalue weighted by atomic mass is 127. The molecule has 1 aromatic carbocycles. The van der Waals surface area contributed by atoms with Crippen LogP contribution in [-0.4, -0.2) is 52.0 Å². The molecule has 5 nitrogen and oxygen atoms in total. The van der Waals surface area contributed by atoms with E-state index in [2.05, 4.69) is 31.6 Å². The van der Waals surface area contributed by atoms with E-state index < -0.39 is 0 Å². The summed E-state index contributed by atoms with van der Waals surface area (Å²) in [6.07, 6.45) is 3.69. The highest BCUT2D eigenvalue weighted by molar-refractivity contribution is 14.0. The van der Waals surface area contributed by atoms with Gasteiger partial charge in [-0.2, -0.15) is 0 Å². The van der Waals surface area contributed by atoms with Gasteiger partial charge in [-0.15, -0.1) is 24.0 Å². The predicted octanol–water partition coefficient (Wildman–Crippen LogP) is 4.14. The zero-order chi connectivity index (χ0) is 19.3. The monoisotopic (exact) mass is 571 g/mol. The molecular formula is C20H32BrFIN3O2. The maximum Gasteiger partial charge on any atom is 0.191 e. The Kier molecular flexibility index (Phi) is 14.1. The molecule has 8 heteroatoms. The van der Waals surface area contributed by atoms with Gasteiger partial charge in [0.05, 0.1) is 0 Å². The average Bonchev–Trinajstić information content (AvgIpc) is 2.68. The van der Waals surface area contributed by atoms with Gasteiger partial charge in [0.25, 0.3) is 0 Å². The summed E-state index contributed by atoms with van der Waals surface area (Å²) >= 11 is 3.38. The molecule has 1 fully saturated rings. The van der Waals surface area contributed by atoms with Crippen LogP contribution in [0.25, 0.3) is 0 Å². The van der Waals surface area contributed by atoms with Gasteiger partial charge in [-0.25, -0.2) is 4.39 Å². The van der Waals surface area contributed by atoms with Crippen molar-refractivity contribution in [2.45, 2.75) is 32.6 Å². The van der Waals surface area contributed by atoms with E-state index in [9.17, 15) is 4.39 Å². The summed E-state index contributed by atoms with van der Waals surface area (Å²) in [5, 5.41) is 6.48. The summed E-state index contributed by atoms with van der Waals surface area (Å²) in [6, 6.07) is 5.01. The summed E-state index contributed by atoms with van der Waals surface area (Å²) in [7, 11) is 0. The first-order valence-corrected chi connectivity index (χ1v) is 10.6. The largest absolute Gasteiger partial charge is 0.381 e. The minimum Gasteiger partial charge on any atom is -0.381 e. The van der Waals surface area contributed by atoms with Crippen molar-refractivity contribution >= 4 is 45.9 Å². The first kappa shape index (κ1) is 25.6. The fourth-order valence-electron chi connectivity index (χ4n) is 2.91. The fourth-order valence-corrected chi connectivity index (χ4v) is 3.32. The quantitative estimate of drug-likeness (QED) is 0.192. The van der Waals surface area contributed by atoms with Crippen LogP contribution in [0.3, 0.4) is 0 Å².